The first-order chi connectivity index (χ1) is 12.5. The van der Waals surface area contributed by atoms with Gasteiger partial charge in [0.2, 0.25) is 0 Å². The zero-order chi connectivity index (χ0) is 18.1. The van der Waals surface area contributed by atoms with Gasteiger partial charge in [0.15, 0.2) is 0 Å². The van der Waals surface area contributed by atoms with E-state index in [1.807, 2.05) is 24.3 Å². The number of ether oxygens (including phenoxy) is 1. The monoisotopic (exact) mass is 373 g/mol. The number of hydrogen-bond acceptors (Lipinski definition) is 5. The number of piperazine rings is 1. The van der Waals surface area contributed by atoms with E-state index in [2.05, 4.69) is 21.6 Å². The lowest BCUT2D eigenvalue weighted by Crippen LogP contribution is -2.44. The summed E-state index contributed by atoms with van der Waals surface area (Å²) in [6.45, 7) is 4.66. The van der Waals surface area contributed by atoms with Gasteiger partial charge in [0.25, 0.3) is 10.0 Å². The van der Waals surface area contributed by atoms with Crippen molar-refractivity contribution in [2.75, 3.05) is 49.5 Å². The van der Waals surface area contributed by atoms with E-state index in [-0.39, 0.29) is 4.90 Å². The summed E-state index contributed by atoms with van der Waals surface area (Å²) in [5.74, 6) is 0.778. The van der Waals surface area contributed by atoms with Crippen molar-refractivity contribution < 1.29 is 13.2 Å². The van der Waals surface area contributed by atoms with E-state index >= 15 is 0 Å². The largest absolute Gasteiger partial charge is 0.493 e. The maximum absolute atomic E-state index is 12.7. The van der Waals surface area contributed by atoms with Crippen LogP contribution in [0.2, 0.25) is 0 Å². The van der Waals surface area contributed by atoms with Crippen molar-refractivity contribution in [3.05, 3.63) is 48.0 Å². The van der Waals surface area contributed by atoms with Gasteiger partial charge in [0.05, 0.1) is 11.5 Å². The molecule has 2 aromatic rings. The maximum atomic E-state index is 12.7. The van der Waals surface area contributed by atoms with E-state index in [9.17, 15) is 8.42 Å². The fourth-order valence-corrected chi connectivity index (χ4v) is 4.46. The molecule has 0 atom stereocenters. The lowest BCUT2D eigenvalue weighted by molar-refractivity contribution is 0.313. The fraction of sp³-hybridized carbons (Fsp3) is 0.368. The molecular weight excluding hydrogens is 350 g/mol. The number of nitrogens with one attached hydrogen (secondary N) is 1. The van der Waals surface area contributed by atoms with Gasteiger partial charge in [0, 0.05) is 44.0 Å². The summed E-state index contributed by atoms with van der Waals surface area (Å²) in [6.07, 6.45) is 0.748. The van der Waals surface area contributed by atoms with Crippen molar-refractivity contribution in [2.24, 2.45) is 0 Å². The van der Waals surface area contributed by atoms with Crippen LogP contribution in [-0.2, 0) is 16.4 Å². The smallest absolute Gasteiger partial charge is 0.261 e. The molecule has 0 spiro atoms. The van der Waals surface area contributed by atoms with Crippen LogP contribution in [0.1, 0.15) is 5.56 Å². The molecule has 7 heteroatoms. The van der Waals surface area contributed by atoms with Crippen LogP contribution < -0.4 is 14.4 Å². The molecule has 6 nitrogen and oxygen atoms in total. The van der Waals surface area contributed by atoms with Crippen LogP contribution in [0.5, 0.6) is 5.75 Å². The average molecular weight is 373 g/mol. The molecule has 0 aromatic heterocycles. The summed E-state index contributed by atoms with van der Waals surface area (Å²) < 4.78 is 33.4. The number of benzene rings is 2. The number of hydrogen-bond donors (Lipinski definition) is 1. The molecule has 2 aliphatic rings. The second-order valence-corrected chi connectivity index (χ2v) is 8.49. The summed E-state index contributed by atoms with van der Waals surface area (Å²) >= 11 is 0. The van der Waals surface area contributed by atoms with Crippen molar-refractivity contribution in [2.45, 2.75) is 11.3 Å². The number of rotatable bonds is 4. The van der Waals surface area contributed by atoms with Crippen LogP contribution >= 0.6 is 0 Å². The first-order valence-corrected chi connectivity index (χ1v) is 10.3. The Hall–Kier alpha value is -2.25. The van der Waals surface area contributed by atoms with Crippen molar-refractivity contribution in [1.82, 2.24) is 4.90 Å². The van der Waals surface area contributed by atoms with Crippen LogP contribution in [0.25, 0.3) is 0 Å². The summed E-state index contributed by atoms with van der Waals surface area (Å²) in [7, 11) is -1.48. The van der Waals surface area contributed by atoms with Crippen LogP contribution in [0, 0.1) is 0 Å². The molecule has 138 valence electrons. The lowest BCUT2D eigenvalue weighted by Gasteiger charge is -2.34. The first kappa shape index (κ1) is 17.2. The molecule has 1 fully saturated rings. The van der Waals surface area contributed by atoms with E-state index in [0.29, 0.717) is 12.3 Å². The minimum absolute atomic E-state index is 0.268. The third kappa shape index (κ3) is 3.50. The molecule has 0 saturated carbocycles. The number of nitrogens with zero attached hydrogens (tertiary/aromatic N) is 2. The van der Waals surface area contributed by atoms with Gasteiger partial charge in [-0.1, -0.05) is 0 Å². The second kappa shape index (κ2) is 6.81. The highest BCUT2D eigenvalue weighted by Crippen LogP contribution is 2.28. The number of anilines is 2. The zero-order valence-corrected chi connectivity index (χ0v) is 15.6. The molecule has 0 bridgehead atoms. The molecule has 0 radical (unpaired) electrons. The molecule has 1 N–H and O–H groups in total. The van der Waals surface area contributed by atoms with Gasteiger partial charge in [0.1, 0.15) is 5.75 Å². The first-order valence-electron chi connectivity index (χ1n) is 8.83. The molecule has 2 aromatic carbocycles. The predicted molar refractivity (Wildman–Crippen MR) is 103 cm³/mol. The van der Waals surface area contributed by atoms with Gasteiger partial charge < -0.3 is 14.5 Å². The number of likely N-dealkylation sites (N-methyl/N-ethyl adjacent to an activating group) is 1. The number of fused-ring (bicyclic) bond motifs is 1. The molecule has 2 heterocycles. The molecule has 0 amide bonds. The van der Waals surface area contributed by atoms with Gasteiger partial charge in [-0.25, -0.2) is 8.42 Å². The molecule has 26 heavy (non-hydrogen) atoms. The molecule has 1 saturated heterocycles. The summed E-state index contributed by atoms with van der Waals surface area (Å²) in [5.41, 5.74) is 2.63. The standard InChI is InChI=1S/C19H23N3O3S/c1-21-9-11-22(12-10-21)17-4-2-16(3-5-17)20-26(23,24)18-6-7-19-15(14-18)8-13-25-19/h2-7,14,20H,8-13H2,1H3. The second-order valence-electron chi connectivity index (χ2n) is 6.81. The van der Waals surface area contributed by atoms with E-state index in [4.69, 9.17) is 4.74 Å². The normalized spacial score (nSPS) is 17.7. The highest BCUT2D eigenvalue weighted by molar-refractivity contribution is 7.92. The average Bonchev–Trinajstić information content (AvgIpc) is 3.11. The Kier molecular flexibility index (Phi) is 4.50. The molecule has 4 rings (SSSR count). The maximum Gasteiger partial charge on any atom is 0.261 e. The summed E-state index contributed by atoms with van der Waals surface area (Å²) in [6, 6.07) is 12.6. The quantitative estimate of drug-likeness (QED) is 0.890. The Morgan fingerprint density at radius 1 is 1.00 bits per heavy atom. The van der Waals surface area contributed by atoms with E-state index < -0.39 is 10.0 Å². The lowest BCUT2D eigenvalue weighted by atomic mass is 10.2. The highest BCUT2D eigenvalue weighted by atomic mass is 32.2. The van der Waals surface area contributed by atoms with Crippen molar-refractivity contribution in [3.63, 3.8) is 0 Å². The van der Waals surface area contributed by atoms with Crippen LogP contribution in [-0.4, -0.2) is 53.2 Å². The third-order valence-corrected chi connectivity index (χ3v) is 6.34. The Morgan fingerprint density at radius 2 is 1.73 bits per heavy atom. The van der Waals surface area contributed by atoms with Gasteiger partial charge in [-0.15, -0.1) is 0 Å². The summed E-state index contributed by atoms with van der Waals surface area (Å²) in [5, 5.41) is 0. The molecule has 2 aliphatic heterocycles. The molecule has 0 aliphatic carbocycles. The van der Waals surface area contributed by atoms with Gasteiger partial charge >= 0.3 is 0 Å². The predicted octanol–water partition coefficient (Wildman–Crippen LogP) is 2.17. The number of sulfonamides is 1. The van der Waals surface area contributed by atoms with Gasteiger partial charge in [-0.3, -0.25) is 4.72 Å². The Balaban J connectivity index is 1.48. The Labute approximate surface area is 154 Å². The SMILES string of the molecule is CN1CCN(c2ccc(NS(=O)(=O)c3ccc4c(c3)CCO4)cc2)CC1. The van der Waals surface area contributed by atoms with Crippen LogP contribution in [0.4, 0.5) is 11.4 Å². The van der Waals surface area contributed by atoms with Crippen molar-refractivity contribution in [1.29, 1.82) is 0 Å². The van der Waals surface area contributed by atoms with Gasteiger partial charge in [-0.05, 0) is 55.1 Å². The zero-order valence-electron chi connectivity index (χ0n) is 14.8. The van der Waals surface area contributed by atoms with Crippen molar-refractivity contribution >= 4 is 21.4 Å². The van der Waals surface area contributed by atoms with E-state index in [1.54, 1.807) is 18.2 Å². The highest BCUT2D eigenvalue weighted by Gasteiger charge is 2.20. The van der Waals surface area contributed by atoms with Crippen molar-refractivity contribution in [3.8, 4) is 5.75 Å². The molecule has 0 unspecified atom stereocenters. The Bertz CT molecular complexity index is 889. The minimum atomic E-state index is -3.61. The minimum Gasteiger partial charge on any atom is -0.493 e. The van der Waals surface area contributed by atoms with Gasteiger partial charge in [-0.2, -0.15) is 0 Å². The fourth-order valence-electron chi connectivity index (χ4n) is 3.35. The summed E-state index contributed by atoms with van der Waals surface area (Å²) in [4.78, 5) is 4.89. The Morgan fingerprint density at radius 3 is 2.46 bits per heavy atom. The van der Waals surface area contributed by atoms with Crippen LogP contribution in [0.15, 0.2) is 47.4 Å². The van der Waals surface area contributed by atoms with E-state index in [1.165, 1.54) is 0 Å². The topological polar surface area (TPSA) is 61.9 Å². The van der Waals surface area contributed by atoms with E-state index in [0.717, 1.165) is 49.6 Å². The molecular formula is C19H23N3O3S. The van der Waals surface area contributed by atoms with Crippen LogP contribution in [0.3, 0.4) is 0 Å². The third-order valence-electron chi connectivity index (χ3n) is 4.96.